The van der Waals surface area contributed by atoms with Crippen molar-refractivity contribution >= 4 is 16.8 Å². The molecule has 96 valence electrons. The molecule has 1 amide bonds. The van der Waals surface area contributed by atoms with E-state index in [9.17, 15) is 18.0 Å². The highest BCUT2D eigenvalue weighted by molar-refractivity contribution is 5.82. The maximum Gasteiger partial charge on any atom is 0.471 e. The van der Waals surface area contributed by atoms with Crippen molar-refractivity contribution in [3.8, 4) is 0 Å². The van der Waals surface area contributed by atoms with Gasteiger partial charge in [0.25, 0.3) is 0 Å². The summed E-state index contributed by atoms with van der Waals surface area (Å²) in [7, 11) is 0. The quantitative estimate of drug-likeness (QED) is 0.870. The highest BCUT2D eigenvalue weighted by Crippen LogP contribution is 2.15. The van der Waals surface area contributed by atoms with Crippen LogP contribution in [0.2, 0.25) is 0 Å². The molecule has 0 fully saturated rings. The van der Waals surface area contributed by atoms with E-state index in [2.05, 4.69) is 4.98 Å². The topological polar surface area (TPSA) is 44.9 Å². The number of fused-ring (bicyclic) bond motifs is 1. The predicted octanol–water partition coefficient (Wildman–Crippen LogP) is 2.39. The Morgan fingerprint density at radius 2 is 2.06 bits per heavy atom. The van der Waals surface area contributed by atoms with Crippen LogP contribution in [0.25, 0.3) is 10.9 Å². The van der Waals surface area contributed by atoms with Gasteiger partial charge in [-0.1, -0.05) is 12.1 Å². The summed E-state index contributed by atoms with van der Waals surface area (Å²) >= 11 is 0. The Hall–Kier alpha value is -1.98. The van der Waals surface area contributed by atoms with Crippen molar-refractivity contribution in [2.75, 3.05) is 6.54 Å². The minimum absolute atomic E-state index is 0.0371. The molecule has 3 nitrogen and oxygen atoms in total. The summed E-state index contributed by atoms with van der Waals surface area (Å²) in [5.74, 6) is -1.90. The molecule has 0 bridgehead atoms. The van der Waals surface area contributed by atoms with Crippen molar-refractivity contribution < 1.29 is 18.0 Å². The Morgan fingerprint density at radius 1 is 1.28 bits per heavy atom. The molecule has 2 aromatic rings. The molecule has 0 unspecified atom stereocenters. The zero-order chi connectivity index (χ0) is 13.2. The van der Waals surface area contributed by atoms with Gasteiger partial charge >= 0.3 is 12.1 Å². The van der Waals surface area contributed by atoms with Crippen LogP contribution in [-0.2, 0) is 11.2 Å². The van der Waals surface area contributed by atoms with Crippen molar-refractivity contribution in [2.45, 2.75) is 12.6 Å². The number of alkyl halides is 3. The first-order chi connectivity index (χ1) is 8.47. The van der Waals surface area contributed by atoms with Crippen LogP contribution in [0.5, 0.6) is 0 Å². The number of carbonyl (C=O) groups is 1. The van der Waals surface area contributed by atoms with E-state index in [0.717, 1.165) is 16.5 Å². The maximum absolute atomic E-state index is 11.9. The van der Waals surface area contributed by atoms with Gasteiger partial charge in [-0.25, -0.2) is 0 Å². The molecule has 0 spiro atoms. The molecule has 18 heavy (non-hydrogen) atoms. The Labute approximate surface area is 101 Å². The van der Waals surface area contributed by atoms with Gasteiger partial charge in [0.15, 0.2) is 0 Å². The average molecular weight is 256 g/mol. The van der Waals surface area contributed by atoms with Crippen LogP contribution in [0, 0.1) is 0 Å². The molecular formula is C12H11F3N2O. The Morgan fingerprint density at radius 3 is 2.78 bits per heavy atom. The Bertz CT molecular complexity index is 560. The van der Waals surface area contributed by atoms with E-state index in [1.165, 1.54) is 0 Å². The van der Waals surface area contributed by atoms with Crippen LogP contribution in [0.15, 0.2) is 30.5 Å². The van der Waals surface area contributed by atoms with Gasteiger partial charge in [-0.3, -0.25) is 4.79 Å². The molecule has 6 heteroatoms. The van der Waals surface area contributed by atoms with Crippen LogP contribution in [0.1, 0.15) is 5.56 Å². The third-order valence-corrected chi connectivity index (χ3v) is 2.58. The number of hydrogen-bond acceptors (Lipinski definition) is 1. The first-order valence-electron chi connectivity index (χ1n) is 5.38. The highest BCUT2D eigenvalue weighted by atomic mass is 19.4. The molecule has 0 aliphatic rings. The van der Waals surface area contributed by atoms with Gasteiger partial charge in [0.1, 0.15) is 0 Å². The molecule has 0 atom stereocenters. The van der Waals surface area contributed by atoms with E-state index < -0.39 is 12.1 Å². The molecule has 0 aliphatic carbocycles. The van der Waals surface area contributed by atoms with E-state index in [4.69, 9.17) is 0 Å². The number of benzene rings is 1. The number of hydrogen-bond donors (Lipinski definition) is 2. The van der Waals surface area contributed by atoms with Gasteiger partial charge in [0.2, 0.25) is 0 Å². The first-order valence-corrected chi connectivity index (χ1v) is 5.38. The van der Waals surface area contributed by atoms with E-state index in [0.29, 0.717) is 6.42 Å². The fraction of sp³-hybridized carbons (Fsp3) is 0.250. The fourth-order valence-corrected chi connectivity index (χ4v) is 1.67. The molecule has 0 aliphatic heterocycles. The Kier molecular flexibility index (Phi) is 3.27. The smallest absolute Gasteiger partial charge is 0.361 e. The van der Waals surface area contributed by atoms with Crippen molar-refractivity contribution in [1.29, 1.82) is 0 Å². The van der Waals surface area contributed by atoms with Crippen LogP contribution in [0.4, 0.5) is 13.2 Å². The van der Waals surface area contributed by atoms with E-state index >= 15 is 0 Å². The van der Waals surface area contributed by atoms with Gasteiger partial charge in [-0.2, -0.15) is 13.2 Å². The summed E-state index contributed by atoms with van der Waals surface area (Å²) in [4.78, 5) is 13.6. The summed E-state index contributed by atoms with van der Waals surface area (Å²) in [6.45, 7) is -0.0371. The lowest BCUT2D eigenvalue weighted by Gasteiger charge is -2.07. The van der Waals surface area contributed by atoms with Gasteiger partial charge in [0.05, 0.1) is 0 Å². The van der Waals surface area contributed by atoms with E-state index in [-0.39, 0.29) is 6.54 Å². The fourth-order valence-electron chi connectivity index (χ4n) is 1.67. The normalized spacial score (nSPS) is 11.7. The zero-order valence-electron chi connectivity index (χ0n) is 9.34. The number of amides is 1. The molecule has 1 heterocycles. The molecule has 0 saturated heterocycles. The van der Waals surface area contributed by atoms with Crippen molar-refractivity contribution in [3.05, 3.63) is 36.0 Å². The lowest BCUT2D eigenvalue weighted by Crippen LogP contribution is -2.37. The molecule has 1 aromatic carbocycles. The molecule has 0 saturated carbocycles. The van der Waals surface area contributed by atoms with Crippen molar-refractivity contribution in [3.63, 3.8) is 0 Å². The number of nitrogens with one attached hydrogen (secondary N) is 2. The minimum Gasteiger partial charge on any atom is -0.361 e. The minimum atomic E-state index is -4.82. The van der Waals surface area contributed by atoms with Crippen molar-refractivity contribution in [1.82, 2.24) is 10.3 Å². The molecule has 0 radical (unpaired) electrons. The number of halogens is 3. The number of aromatic amines is 1. The standard InChI is InChI=1S/C12H11F3N2O/c13-12(14,15)11(18)17-5-3-8-1-2-9-4-6-16-10(9)7-8/h1-2,4,6-7,16H,3,5H2,(H,17,18). The van der Waals surface area contributed by atoms with Gasteiger partial charge in [-0.15, -0.1) is 0 Å². The lowest BCUT2D eigenvalue weighted by molar-refractivity contribution is -0.173. The van der Waals surface area contributed by atoms with Crippen molar-refractivity contribution in [2.24, 2.45) is 0 Å². The van der Waals surface area contributed by atoms with E-state index in [1.54, 1.807) is 6.20 Å². The van der Waals surface area contributed by atoms with Gasteiger partial charge < -0.3 is 10.3 Å². The third kappa shape index (κ3) is 2.82. The monoisotopic (exact) mass is 256 g/mol. The molecular weight excluding hydrogens is 245 g/mol. The molecule has 2 rings (SSSR count). The van der Waals surface area contributed by atoms with Crippen LogP contribution < -0.4 is 5.32 Å². The predicted molar refractivity (Wildman–Crippen MR) is 61.1 cm³/mol. The van der Waals surface area contributed by atoms with Gasteiger partial charge in [0, 0.05) is 18.3 Å². The second kappa shape index (κ2) is 4.72. The van der Waals surface area contributed by atoms with Gasteiger partial charge in [-0.05, 0) is 29.5 Å². The highest BCUT2D eigenvalue weighted by Gasteiger charge is 2.38. The number of H-pyrrole nitrogens is 1. The summed E-state index contributed by atoms with van der Waals surface area (Å²) in [6, 6.07) is 7.47. The second-order valence-corrected chi connectivity index (χ2v) is 3.90. The number of carbonyl (C=O) groups excluding carboxylic acids is 1. The first kappa shape index (κ1) is 12.5. The third-order valence-electron chi connectivity index (χ3n) is 2.58. The summed E-state index contributed by atoms with van der Waals surface area (Å²) < 4.78 is 35.8. The Balaban J connectivity index is 1.92. The maximum atomic E-state index is 11.9. The molecule has 2 N–H and O–H groups in total. The average Bonchev–Trinajstić information content (AvgIpc) is 2.74. The number of rotatable bonds is 3. The molecule has 1 aromatic heterocycles. The van der Waals surface area contributed by atoms with Crippen LogP contribution in [-0.4, -0.2) is 23.6 Å². The van der Waals surface area contributed by atoms with E-state index in [1.807, 2.05) is 29.6 Å². The summed E-state index contributed by atoms with van der Waals surface area (Å²) in [5.41, 5.74) is 1.79. The summed E-state index contributed by atoms with van der Waals surface area (Å²) in [5, 5.41) is 2.88. The lowest BCUT2D eigenvalue weighted by atomic mass is 10.1. The summed E-state index contributed by atoms with van der Waals surface area (Å²) in [6.07, 6.45) is -2.67. The zero-order valence-corrected chi connectivity index (χ0v) is 9.34. The largest absolute Gasteiger partial charge is 0.471 e. The van der Waals surface area contributed by atoms with Crippen LogP contribution >= 0.6 is 0 Å². The number of aromatic nitrogens is 1. The SMILES string of the molecule is O=C(NCCc1ccc2cc[nH]c2c1)C(F)(F)F. The van der Waals surface area contributed by atoms with Crippen LogP contribution in [0.3, 0.4) is 0 Å². The second-order valence-electron chi connectivity index (χ2n) is 3.90.